The molecule has 2 N–H and O–H groups in total. The van der Waals surface area contributed by atoms with E-state index in [9.17, 15) is 5.11 Å². The predicted molar refractivity (Wildman–Crippen MR) is 73.5 cm³/mol. The Balaban J connectivity index is 1.82. The molecule has 1 heterocycles. The molecule has 3 nitrogen and oxygen atoms in total. The Bertz CT molecular complexity index is 485. The Hall–Kier alpha value is -1.87. The number of benzene rings is 1. The van der Waals surface area contributed by atoms with Crippen LogP contribution in [0.4, 0.5) is 5.82 Å². The van der Waals surface area contributed by atoms with Crippen molar-refractivity contribution in [2.45, 2.75) is 19.4 Å². The fraction of sp³-hybridized carbons (Fsp3) is 0.267. The number of nitrogens with zero attached hydrogens (tertiary/aromatic N) is 1. The van der Waals surface area contributed by atoms with Crippen molar-refractivity contribution in [2.24, 2.45) is 0 Å². The van der Waals surface area contributed by atoms with E-state index >= 15 is 0 Å². The topological polar surface area (TPSA) is 45.1 Å². The summed E-state index contributed by atoms with van der Waals surface area (Å²) in [6.07, 6.45) is 0.239. The highest BCUT2D eigenvalue weighted by Gasteiger charge is 2.06. The molecule has 0 radical (unpaired) electrons. The van der Waals surface area contributed by atoms with E-state index < -0.39 is 6.10 Å². The maximum atomic E-state index is 9.99. The van der Waals surface area contributed by atoms with Crippen LogP contribution in [0.1, 0.15) is 23.8 Å². The number of hydrogen-bond donors (Lipinski definition) is 2. The van der Waals surface area contributed by atoms with Gasteiger partial charge in [0.15, 0.2) is 0 Å². The molecule has 2 rings (SSSR count). The lowest BCUT2D eigenvalue weighted by Gasteiger charge is -2.12. The first-order valence-electron chi connectivity index (χ1n) is 6.16. The number of pyridine rings is 1. The van der Waals surface area contributed by atoms with E-state index in [0.29, 0.717) is 13.0 Å². The van der Waals surface area contributed by atoms with Crippen LogP contribution in [0.15, 0.2) is 48.5 Å². The first-order valence-corrected chi connectivity index (χ1v) is 6.16. The van der Waals surface area contributed by atoms with Gasteiger partial charge in [-0.3, -0.25) is 0 Å². The minimum absolute atomic E-state index is 0.427. The molecule has 0 bridgehead atoms. The summed E-state index contributed by atoms with van der Waals surface area (Å²) in [6.45, 7) is 2.66. The highest BCUT2D eigenvalue weighted by atomic mass is 16.3. The molecule has 0 amide bonds. The monoisotopic (exact) mass is 242 g/mol. The number of aryl methyl sites for hydroxylation is 1. The van der Waals surface area contributed by atoms with Crippen molar-refractivity contribution in [1.29, 1.82) is 0 Å². The van der Waals surface area contributed by atoms with Crippen LogP contribution in [-0.4, -0.2) is 16.6 Å². The molecule has 0 aliphatic carbocycles. The summed E-state index contributed by atoms with van der Waals surface area (Å²) in [7, 11) is 0. The first-order chi connectivity index (χ1) is 8.75. The second-order valence-electron chi connectivity index (χ2n) is 4.31. The van der Waals surface area contributed by atoms with Gasteiger partial charge in [0.25, 0.3) is 0 Å². The molecule has 2 aromatic rings. The molecule has 1 atom stereocenters. The number of aliphatic hydroxyl groups is 1. The van der Waals surface area contributed by atoms with Gasteiger partial charge >= 0.3 is 0 Å². The molecule has 0 unspecified atom stereocenters. The van der Waals surface area contributed by atoms with Gasteiger partial charge in [0, 0.05) is 12.2 Å². The van der Waals surface area contributed by atoms with Gasteiger partial charge in [-0.15, -0.1) is 0 Å². The van der Waals surface area contributed by atoms with Crippen molar-refractivity contribution >= 4 is 5.82 Å². The van der Waals surface area contributed by atoms with E-state index in [4.69, 9.17) is 0 Å². The fourth-order valence-electron chi connectivity index (χ4n) is 1.82. The van der Waals surface area contributed by atoms with Crippen LogP contribution < -0.4 is 5.32 Å². The Kier molecular flexibility index (Phi) is 4.31. The zero-order valence-electron chi connectivity index (χ0n) is 10.5. The highest BCUT2D eigenvalue weighted by molar-refractivity contribution is 5.35. The Labute approximate surface area is 108 Å². The van der Waals surface area contributed by atoms with Crippen molar-refractivity contribution in [1.82, 2.24) is 4.98 Å². The van der Waals surface area contributed by atoms with Crippen LogP contribution >= 0.6 is 0 Å². The lowest BCUT2D eigenvalue weighted by Crippen LogP contribution is -2.08. The van der Waals surface area contributed by atoms with Crippen LogP contribution in [0.5, 0.6) is 0 Å². The Morgan fingerprint density at radius 3 is 2.61 bits per heavy atom. The molecule has 0 fully saturated rings. The zero-order chi connectivity index (χ0) is 12.8. The smallest absolute Gasteiger partial charge is 0.126 e. The van der Waals surface area contributed by atoms with Gasteiger partial charge in [0.05, 0.1) is 6.10 Å². The van der Waals surface area contributed by atoms with Gasteiger partial charge < -0.3 is 10.4 Å². The fourth-order valence-corrected chi connectivity index (χ4v) is 1.82. The average Bonchev–Trinajstić information content (AvgIpc) is 2.40. The molecule has 3 heteroatoms. The predicted octanol–water partition coefficient (Wildman–Crippen LogP) is 2.93. The van der Waals surface area contributed by atoms with Crippen LogP contribution in [0.2, 0.25) is 0 Å². The molecule has 0 saturated carbocycles. The zero-order valence-corrected chi connectivity index (χ0v) is 10.5. The number of anilines is 1. The van der Waals surface area contributed by atoms with Crippen molar-refractivity contribution < 1.29 is 5.11 Å². The summed E-state index contributed by atoms with van der Waals surface area (Å²) < 4.78 is 0. The van der Waals surface area contributed by atoms with Crippen molar-refractivity contribution in [3.8, 4) is 0 Å². The second kappa shape index (κ2) is 6.17. The number of nitrogens with one attached hydrogen (secondary N) is 1. The Morgan fingerprint density at radius 2 is 1.89 bits per heavy atom. The largest absolute Gasteiger partial charge is 0.388 e. The molecular weight excluding hydrogens is 224 g/mol. The molecule has 0 spiro atoms. The summed E-state index contributed by atoms with van der Waals surface area (Å²) in [5.41, 5.74) is 1.94. The van der Waals surface area contributed by atoms with Gasteiger partial charge in [-0.2, -0.15) is 0 Å². The van der Waals surface area contributed by atoms with Crippen LogP contribution in [0, 0.1) is 6.92 Å². The standard InChI is InChI=1S/C15H18N2O/c1-12-6-5-9-15(17-12)16-11-10-14(18)13-7-3-2-4-8-13/h2-9,14,18H,10-11H2,1H3,(H,16,17)/t14-/m1/s1. The van der Waals surface area contributed by atoms with Crippen LogP contribution in [0.3, 0.4) is 0 Å². The third kappa shape index (κ3) is 3.57. The van der Waals surface area contributed by atoms with E-state index in [2.05, 4.69) is 10.3 Å². The van der Waals surface area contributed by atoms with Crippen molar-refractivity contribution in [3.63, 3.8) is 0 Å². The molecule has 1 aromatic heterocycles. The lowest BCUT2D eigenvalue weighted by molar-refractivity contribution is 0.171. The molecular formula is C15H18N2O. The van der Waals surface area contributed by atoms with E-state index in [-0.39, 0.29) is 0 Å². The van der Waals surface area contributed by atoms with Gasteiger partial charge in [0.1, 0.15) is 5.82 Å². The maximum absolute atomic E-state index is 9.99. The quantitative estimate of drug-likeness (QED) is 0.847. The number of aliphatic hydroxyl groups excluding tert-OH is 1. The van der Waals surface area contributed by atoms with Crippen molar-refractivity contribution in [2.75, 3.05) is 11.9 Å². The molecule has 0 aliphatic heterocycles. The van der Waals surface area contributed by atoms with Crippen LogP contribution in [-0.2, 0) is 0 Å². The van der Waals surface area contributed by atoms with E-state index in [1.54, 1.807) is 0 Å². The molecule has 0 saturated heterocycles. The number of rotatable bonds is 5. The lowest BCUT2D eigenvalue weighted by atomic mass is 10.1. The van der Waals surface area contributed by atoms with Crippen molar-refractivity contribution in [3.05, 3.63) is 59.8 Å². The molecule has 94 valence electrons. The van der Waals surface area contributed by atoms with E-state index in [1.807, 2.05) is 55.5 Å². The van der Waals surface area contributed by atoms with Crippen LogP contribution in [0.25, 0.3) is 0 Å². The number of hydrogen-bond acceptors (Lipinski definition) is 3. The van der Waals surface area contributed by atoms with E-state index in [0.717, 1.165) is 17.1 Å². The summed E-state index contributed by atoms with van der Waals surface area (Å²) in [6, 6.07) is 15.6. The third-order valence-corrected chi connectivity index (χ3v) is 2.80. The second-order valence-corrected chi connectivity index (χ2v) is 4.31. The first kappa shape index (κ1) is 12.6. The highest BCUT2D eigenvalue weighted by Crippen LogP contribution is 2.15. The molecule has 1 aromatic carbocycles. The van der Waals surface area contributed by atoms with Gasteiger partial charge in [-0.1, -0.05) is 36.4 Å². The Morgan fingerprint density at radius 1 is 1.11 bits per heavy atom. The minimum Gasteiger partial charge on any atom is -0.388 e. The van der Waals surface area contributed by atoms with E-state index in [1.165, 1.54) is 0 Å². The van der Waals surface area contributed by atoms with Gasteiger partial charge in [0.2, 0.25) is 0 Å². The summed E-state index contributed by atoms with van der Waals surface area (Å²) in [4.78, 5) is 4.35. The third-order valence-electron chi connectivity index (χ3n) is 2.80. The SMILES string of the molecule is Cc1cccc(NCC[C@@H](O)c2ccccc2)n1. The average molecular weight is 242 g/mol. The normalized spacial score (nSPS) is 12.1. The number of aromatic nitrogens is 1. The van der Waals surface area contributed by atoms with Gasteiger partial charge in [-0.05, 0) is 31.0 Å². The summed E-state index contributed by atoms with van der Waals surface area (Å²) in [5.74, 6) is 0.857. The summed E-state index contributed by atoms with van der Waals surface area (Å²) >= 11 is 0. The van der Waals surface area contributed by atoms with Gasteiger partial charge in [-0.25, -0.2) is 4.98 Å². The summed E-state index contributed by atoms with van der Waals surface area (Å²) in [5, 5.41) is 13.2. The minimum atomic E-state index is -0.427. The molecule has 18 heavy (non-hydrogen) atoms. The maximum Gasteiger partial charge on any atom is 0.126 e. The molecule has 0 aliphatic rings.